The normalized spacial score (nSPS) is 20.4. The predicted octanol–water partition coefficient (Wildman–Crippen LogP) is 11.7. The minimum absolute atomic E-state index is 0. The largest absolute Gasteiger partial charge is 0.492 e. The quantitative estimate of drug-likeness (QED) is 0.0455. The summed E-state index contributed by atoms with van der Waals surface area (Å²) >= 11 is 6.69. The van der Waals surface area contributed by atoms with E-state index in [-0.39, 0.29) is 102 Å². The van der Waals surface area contributed by atoms with Crippen LogP contribution in [0.4, 0.5) is 38.9 Å². The van der Waals surface area contributed by atoms with E-state index in [2.05, 4.69) is 167 Å². The van der Waals surface area contributed by atoms with Crippen LogP contribution < -0.4 is 48.3 Å². The maximum absolute atomic E-state index is 14.5. The fraction of sp³-hybridized carbons (Fsp3) is 0.468. The molecule has 0 N–H and O–H groups in total. The van der Waals surface area contributed by atoms with Crippen molar-refractivity contribution in [2.24, 2.45) is 0 Å². The molecule has 8 aromatic rings. The molecule has 9 aliphatic heterocycles. The van der Waals surface area contributed by atoms with Gasteiger partial charge in [-0.15, -0.1) is 0 Å². The van der Waals surface area contributed by atoms with E-state index in [1.807, 2.05) is 18.2 Å². The fourth-order valence-corrected chi connectivity index (χ4v) is 19.5. The molecule has 28 nitrogen and oxygen atoms in total. The van der Waals surface area contributed by atoms with Gasteiger partial charge in [-0.05, 0) is 170 Å². The number of hydrogen-bond acceptors (Lipinski definition) is 22. The van der Waals surface area contributed by atoms with Gasteiger partial charge in [0, 0.05) is 136 Å². The number of anilines is 6. The van der Waals surface area contributed by atoms with Gasteiger partial charge in [0.05, 0.1) is 54.5 Å². The Labute approximate surface area is 771 Å². The van der Waals surface area contributed by atoms with Gasteiger partial charge in [0.2, 0.25) is 37.4 Å². The molecule has 3 unspecified atom stereocenters. The molecule has 33 heteroatoms. The van der Waals surface area contributed by atoms with Crippen LogP contribution in [0.3, 0.4) is 0 Å². The zero-order valence-corrected chi connectivity index (χ0v) is 77.1. The first kappa shape index (κ1) is 95.2. The summed E-state index contributed by atoms with van der Waals surface area (Å²) in [6.07, 6.45) is 13.0. The van der Waals surface area contributed by atoms with Gasteiger partial charge < -0.3 is 92.3 Å². The summed E-state index contributed by atoms with van der Waals surface area (Å²) in [6.45, 7) is 49.9. The molecule has 6 atom stereocenters. The molecule has 127 heavy (non-hydrogen) atoms. The van der Waals surface area contributed by atoms with E-state index in [1.165, 1.54) is 66.3 Å². The number of aryl methyl sites for hydroxylation is 1. The second kappa shape index (κ2) is 43.7. The maximum Gasteiger partial charge on any atom is 0.318 e. The van der Waals surface area contributed by atoms with Crippen molar-refractivity contribution in [3.63, 3.8) is 0 Å². The molecular formula is C94H117ClFN21O7S3. The molecule has 6 saturated heterocycles. The average molecular weight is 1800 g/mol. The molecule has 3 aromatic heterocycles. The predicted molar refractivity (Wildman–Crippen MR) is 514 cm³/mol. The molecule has 9 aliphatic rings. The Morgan fingerprint density at radius 2 is 0.787 bits per heavy atom. The summed E-state index contributed by atoms with van der Waals surface area (Å²) in [4.78, 5) is 104. The number of hydrogen-bond donors (Lipinski definition) is 0. The summed E-state index contributed by atoms with van der Waals surface area (Å²) in [5, 5.41) is 5.41. The Morgan fingerprint density at radius 1 is 0.449 bits per heavy atom. The van der Waals surface area contributed by atoms with Crippen LogP contribution >= 0.6 is 52.1 Å². The van der Waals surface area contributed by atoms with Crippen LogP contribution in [0, 0.1) is 32.5 Å². The molecule has 12 heterocycles. The number of halogens is 2. The van der Waals surface area contributed by atoms with Gasteiger partial charge in [0.15, 0.2) is 11.6 Å². The molecule has 0 aliphatic carbocycles. The van der Waals surface area contributed by atoms with E-state index in [9.17, 15) is 18.8 Å². The molecule has 0 saturated carbocycles. The smallest absolute Gasteiger partial charge is 0.318 e. The van der Waals surface area contributed by atoms with Crippen molar-refractivity contribution in [1.29, 1.82) is 0 Å². The molecular weight excluding hydrogens is 1690 g/mol. The molecule has 0 bridgehead atoms. The highest BCUT2D eigenvalue weighted by Gasteiger charge is 2.41. The Kier molecular flexibility index (Phi) is 32.8. The van der Waals surface area contributed by atoms with E-state index < -0.39 is 5.82 Å². The van der Waals surface area contributed by atoms with Crippen LogP contribution in [0.1, 0.15) is 77.9 Å². The lowest BCUT2D eigenvalue weighted by Gasteiger charge is -2.41. The van der Waals surface area contributed by atoms with Crippen molar-refractivity contribution in [3.8, 4) is 23.8 Å². The van der Waals surface area contributed by atoms with E-state index in [4.69, 9.17) is 80.2 Å². The number of methoxy groups -OCH3 is 1. The Morgan fingerprint density at radius 3 is 1.14 bits per heavy atom. The topological polar surface area (TPSA) is 217 Å². The number of para-hydroxylation sites is 1. The summed E-state index contributed by atoms with van der Waals surface area (Å²) in [7, 11) is 7.86. The number of rotatable bonds is 22. The monoisotopic (exact) mass is 1800 g/mol. The van der Waals surface area contributed by atoms with Crippen LogP contribution in [0.25, 0.3) is 36.1 Å². The molecule has 6 fully saturated rings. The van der Waals surface area contributed by atoms with Gasteiger partial charge in [0.1, 0.15) is 55.4 Å². The lowest BCUT2D eigenvalue weighted by atomic mass is 9.99. The highest BCUT2D eigenvalue weighted by Crippen LogP contribution is 2.42. The average Bonchev–Trinajstić information content (AvgIpc) is 0.947. The molecule has 0 spiro atoms. The third-order valence-corrected chi connectivity index (χ3v) is 26.3. The van der Waals surface area contributed by atoms with Crippen LogP contribution in [-0.4, -0.2) is 279 Å². The number of nitrogens with zero attached hydrogens (tertiary/aromatic N) is 21. The van der Waals surface area contributed by atoms with E-state index in [0.29, 0.717) is 153 Å². The van der Waals surface area contributed by atoms with Crippen molar-refractivity contribution in [2.75, 3.05) is 195 Å². The van der Waals surface area contributed by atoms with E-state index >= 15 is 0 Å². The summed E-state index contributed by atoms with van der Waals surface area (Å²) in [5.41, 5.74) is 10.3. The van der Waals surface area contributed by atoms with Gasteiger partial charge in [0.25, 0.3) is 0 Å². The number of carbonyl (C=O) groups excluding carboxylic acids is 3. The van der Waals surface area contributed by atoms with Crippen LogP contribution in [0.2, 0.25) is 5.02 Å². The standard InChI is InChI=1S/C33H39N7O2.C32H36ClN7O2.C29H36FN7O3.3H2S/c1-5-30(41)40-18-17-39(20-26(40)19-34-3)32-27-14-16-38(29-13-7-11-24-10-6-9-23(2)31(24)29)21-28(27)35-33(36-32)42-22-25-12-8-15-37(25)4;1-4-29(41)40-17-16-39(19-24(40)18-34-2)31-25-13-15-38(28-12-6-9-22-8-5-11-26(33)30(22)28)20-27(25)35-32(36-31)42-21-23-10-7-14-37(23)3;1-5-26(38)37-15-14-36(17-21(37)16-31-2)28-22-11-13-35(25-10-6-9-23(30)27(25)39-4)18-24(22)32-29(33-28)40-19-20-8-7-12-34(20)3;;;/h5-7,9-11,13,25-26H,1,8,12,14-22H2,2,4H3;4-6,8-9,11-12,23-24H,1,7,10,13-21H2,3H3;5-6,9-10,20-21H,1,7-8,11-19H2,3-4H3;3*1H2/t25-,26?;23-,24?;20-,21?;;;/m000.../s1. The van der Waals surface area contributed by atoms with Gasteiger partial charge in [-0.2, -0.15) is 70.4 Å². The van der Waals surface area contributed by atoms with Crippen molar-refractivity contribution < 1.29 is 37.7 Å². The third-order valence-electron chi connectivity index (χ3n) is 26.0. The molecule has 672 valence electrons. The first-order chi connectivity index (χ1) is 60.3. The second-order valence-electron chi connectivity index (χ2n) is 33.4. The Bertz CT molecular complexity index is 5190. The van der Waals surface area contributed by atoms with Crippen molar-refractivity contribution in [2.45, 2.75) is 121 Å². The lowest BCUT2D eigenvalue weighted by Crippen LogP contribution is -2.56. The first-order valence-corrected chi connectivity index (χ1v) is 43.7. The number of likely N-dealkylation sites (tertiary alicyclic amines) is 3. The Hall–Kier alpha value is -10.9. The molecule has 3 amide bonds. The van der Waals surface area contributed by atoms with Crippen molar-refractivity contribution >= 4 is 126 Å². The lowest BCUT2D eigenvalue weighted by molar-refractivity contribution is -0.129. The maximum atomic E-state index is 14.5. The van der Waals surface area contributed by atoms with Crippen LogP contribution in [-0.2, 0) is 53.3 Å². The number of aromatic nitrogens is 6. The number of ether oxygens (including phenoxy) is 4. The number of piperazine rings is 3. The summed E-state index contributed by atoms with van der Waals surface area (Å²) in [6, 6.07) is 31.6. The summed E-state index contributed by atoms with van der Waals surface area (Å²) < 4.78 is 38.7. The zero-order valence-electron chi connectivity index (χ0n) is 73.3. The fourth-order valence-electron chi connectivity index (χ4n) is 19.2. The molecule has 5 aromatic carbocycles. The molecule has 17 rings (SSSR count). The number of amides is 3. The Balaban J connectivity index is 0.000000171. The molecule has 0 radical (unpaired) electrons. The van der Waals surface area contributed by atoms with E-state index in [1.54, 1.807) is 20.8 Å². The zero-order chi connectivity index (χ0) is 86.7. The number of likely N-dealkylation sites (N-methyl/N-ethyl adjacent to an activating group) is 3. The van der Waals surface area contributed by atoms with Gasteiger partial charge in [-0.25, -0.2) is 24.1 Å². The van der Waals surface area contributed by atoms with Crippen molar-refractivity contribution in [1.82, 2.24) is 59.3 Å². The summed E-state index contributed by atoms with van der Waals surface area (Å²) in [5.74, 6) is 1.90. The SMILES string of the molecule is S.S.S.[C-]#[N+]CC1CN(c2nc(OC[C@@H]3CCCN3C)nc3c2CCN(c2cccc(F)c2OC)C3)CCN1C(=O)C=C.[C-]#[N+]CC1CN(c2nc(OC[C@@H]3CCCN3C)nc3c2CCN(c2cccc4cccc(C)c24)C3)CCN1C(=O)C=C.[C-]#[N+]CC1CN(c2nc(OC[C@@H]3CCCN3C)nc3c2CCN(c2cccc4cccc(Cl)c24)C3)CCN1C(=O)C=C. The second-order valence-corrected chi connectivity index (χ2v) is 33.8. The number of fused-ring (bicyclic) bond motifs is 5. The van der Waals surface area contributed by atoms with Gasteiger partial charge in [-0.1, -0.05) is 92.0 Å². The highest BCUT2D eigenvalue weighted by molar-refractivity contribution is 7.59. The highest BCUT2D eigenvalue weighted by atomic mass is 35.5. The third kappa shape index (κ3) is 21.3. The number of benzene rings is 5. The van der Waals surface area contributed by atoms with E-state index in [0.717, 1.165) is 144 Å². The van der Waals surface area contributed by atoms with Crippen molar-refractivity contribution in [3.05, 3.63) is 213 Å². The minimum Gasteiger partial charge on any atom is -0.492 e. The van der Waals surface area contributed by atoms with Crippen LogP contribution in [0.5, 0.6) is 23.8 Å². The number of carbonyl (C=O) groups is 3. The van der Waals surface area contributed by atoms with Gasteiger partial charge in [-0.3, -0.25) is 14.4 Å². The first-order valence-electron chi connectivity index (χ1n) is 43.3. The van der Waals surface area contributed by atoms with Crippen LogP contribution in [0.15, 0.2) is 129 Å². The minimum atomic E-state index is -0.406. The van der Waals surface area contributed by atoms with Gasteiger partial charge >= 0.3 is 18.0 Å².